The number of ether oxygens (including phenoxy) is 1. The van der Waals surface area contributed by atoms with Crippen molar-refractivity contribution in [1.29, 1.82) is 0 Å². The summed E-state index contributed by atoms with van der Waals surface area (Å²) in [5.41, 5.74) is 3.58. The van der Waals surface area contributed by atoms with E-state index in [1.165, 1.54) is 16.7 Å². The normalized spacial score (nSPS) is 14.0. The minimum Gasteiger partial charge on any atom is -0.288 e. The summed E-state index contributed by atoms with van der Waals surface area (Å²) in [5, 5.41) is 0. The maximum absolute atomic E-state index is 12.8. The maximum Gasteiger partial charge on any atom is 0.522 e. The first-order valence-electron chi connectivity index (χ1n) is 10.3. The van der Waals surface area contributed by atoms with Crippen molar-refractivity contribution in [2.45, 2.75) is 71.3 Å². The second-order valence-electron chi connectivity index (χ2n) is 7.39. The summed E-state index contributed by atoms with van der Waals surface area (Å²) in [5.74, 6) is -0.0461. The van der Waals surface area contributed by atoms with Gasteiger partial charge in [0.25, 0.3) is 0 Å². The number of halogens is 3. The fourth-order valence-electron chi connectivity index (χ4n) is 3.80. The van der Waals surface area contributed by atoms with Gasteiger partial charge in [-0.05, 0) is 54.7 Å². The van der Waals surface area contributed by atoms with Crippen molar-refractivity contribution >= 4 is 0 Å². The molecule has 0 saturated carbocycles. The first-order chi connectivity index (χ1) is 13.4. The molecule has 0 bridgehead atoms. The summed E-state index contributed by atoms with van der Waals surface area (Å²) >= 11 is 0. The third-order valence-corrected chi connectivity index (χ3v) is 5.14. The first-order valence-corrected chi connectivity index (χ1v) is 10.3. The number of rotatable bonds is 11. The van der Waals surface area contributed by atoms with Crippen LogP contribution in [0.1, 0.15) is 57.9 Å². The minimum absolute atomic E-state index is 0.0461. The van der Waals surface area contributed by atoms with Gasteiger partial charge in [-0.1, -0.05) is 81.3 Å². The van der Waals surface area contributed by atoms with E-state index in [1.807, 2.05) is 32.0 Å². The lowest BCUT2D eigenvalue weighted by Crippen LogP contribution is -2.31. The Labute approximate surface area is 166 Å². The van der Waals surface area contributed by atoms with Crippen LogP contribution in [0.15, 0.2) is 54.6 Å². The highest BCUT2D eigenvalue weighted by atomic mass is 19.4. The van der Waals surface area contributed by atoms with Gasteiger partial charge in [-0.2, -0.15) is 0 Å². The first kappa shape index (κ1) is 22.5. The molecule has 0 radical (unpaired) electrons. The van der Waals surface area contributed by atoms with E-state index in [4.69, 9.17) is 0 Å². The number of hydrogen-bond donors (Lipinski definition) is 0. The average molecular weight is 393 g/mol. The average Bonchev–Trinajstić information content (AvgIpc) is 2.67. The second-order valence-corrected chi connectivity index (χ2v) is 7.39. The zero-order valence-corrected chi connectivity index (χ0v) is 16.8. The van der Waals surface area contributed by atoms with Crippen molar-refractivity contribution in [3.63, 3.8) is 0 Å². The summed E-state index contributed by atoms with van der Waals surface area (Å²) in [6.07, 6.45) is 0.0134. The van der Waals surface area contributed by atoms with Gasteiger partial charge in [-0.25, -0.2) is 0 Å². The topological polar surface area (TPSA) is 9.23 Å². The van der Waals surface area contributed by atoms with Gasteiger partial charge in [0.1, 0.15) is 0 Å². The Balaban J connectivity index is 1.92. The molecule has 2 aromatic carbocycles. The molecule has 0 amide bonds. The van der Waals surface area contributed by atoms with Gasteiger partial charge in [0, 0.05) is 0 Å². The van der Waals surface area contributed by atoms with E-state index in [2.05, 4.69) is 41.1 Å². The molecule has 0 aliphatic carbocycles. The molecule has 28 heavy (non-hydrogen) atoms. The molecule has 154 valence electrons. The third kappa shape index (κ3) is 7.67. The van der Waals surface area contributed by atoms with Crippen LogP contribution in [0.3, 0.4) is 0 Å². The van der Waals surface area contributed by atoms with Crippen LogP contribution < -0.4 is 0 Å². The van der Waals surface area contributed by atoms with Crippen molar-refractivity contribution in [1.82, 2.24) is 0 Å². The molecular weight excluding hydrogens is 361 g/mol. The van der Waals surface area contributed by atoms with E-state index in [-0.39, 0.29) is 5.92 Å². The van der Waals surface area contributed by atoms with Gasteiger partial charge >= 0.3 is 6.36 Å². The van der Waals surface area contributed by atoms with Gasteiger partial charge in [0.15, 0.2) is 0 Å². The van der Waals surface area contributed by atoms with E-state index in [9.17, 15) is 13.2 Å². The molecule has 0 fully saturated rings. The highest BCUT2D eigenvalue weighted by molar-refractivity contribution is 5.63. The number of aryl methyl sites for hydroxylation is 1. The minimum atomic E-state index is -4.56. The van der Waals surface area contributed by atoms with Gasteiger partial charge in [0.2, 0.25) is 0 Å². The predicted molar refractivity (Wildman–Crippen MR) is 109 cm³/mol. The third-order valence-electron chi connectivity index (χ3n) is 5.14. The van der Waals surface area contributed by atoms with E-state index in [0.29, 0.717) is 12.8 Å². The molecule has 4 heteroatoms. The van der Waals surface area contributed by atoms with Crippen LogP contribution in [0.5, 0.6) is 0 Å². The van der Waals surface area contributed by atoms with Crippen LogP contribution >= 0.6 is 0 Å². The smallest absolute Gasteiger partial charge is 0.288 e. The van der Waals surface area contributed by atoms with Gasteiger partial charge < -0.3 is 0 Å². The van der Waals surface area contributed by atoms with Crippen LogP contribution in [0.25, 0.3) is 11.1 Å². The SMILES string of the molecule is CCCC(CCCc1ccc(-c2ccccc2)cc1)C(CCC)OC(F)(F)F. The van der Waals surface area contributed by atoms with Crippen molar-refractivity contribution in [2.24, 2.45) is 5.92 Å². The van der Waals surface area contributed by atoms with E-state index >= 15 is 0 Å². The zero-order chi connectivity index (χ0) is 20.4. The Kier molecular flexibility index (Phi) is 9.04. The Morgan fingerprint density at radius 1 is 0.786 bits per heavy atom. The van der Waals surface area contributed by atoms with Gasteiger partial charge in [-0.15, -0.1) is 13.2 Å². The molecule has 0 aliphatic rings. The largest absolute Gasteiger partial charge is 0.522 e. The van der Waals surface area contributed by atoms with Crippen molar-refractivity contribution < 1.29 is 17.9 Å². The highest BCUT2D eigenvalue weighted by Crippen LogP contribution is 2.30. The Morgan fingerprint density at radius 2 is 1.39 bits per heavy atom. The van der Waals surface area contributed by atoms with Crippen molar-refractivity contribution in [2.75, 3.05) is 0 Å². The molecule has 0 spiro atoms. The van der Waals surface area contributed by atoms with Crippen molar-refractivity contribution in [3.8, 4) is 11.1 Å². The van der Waals surface area contributed by atoms with E-state index in [1.54, 1.807) is 0 Å². The second kappa shape index (κ2) is 11.3. The summed E-state index contributed by atoms with van der Waals surface area (Å²) < 4.78 is 42.8. The predicted octanol–water partition coefficient (Wildman–Crippen LogP) is 7.80. The van der Waals surface area contributed by atoms with Crippen LogP contribution in [-0.4, -0.2) is 12.5 Å². The Hall–Kier alpha value is -1.81. The van der Waals surface area contributed by atoms with Crippen LogP contribution in [-0.2, 0) is 11.2 Å². The quantitative estimate of drug-likeness (QED) is 0.379. The molecule has 0 aliphatic heterocycles. The summed E-state index contributed by atoms with van der Waals surface area (Å²) in [7, 11) is 0. The molecule has 0 N–H and O–H groups in total. The number of alkyl halides is 3. The molecule has 0 aromatic heterocycles. The van der Waals surface area contributed by atoms with E-state index in [0.717, 1.165) is 32.1 Å². The Morgan fingerprint density at radius 3 is 1.96 bits per heavy atom. The molecule has 0 heterocycles. The lowest BCUT2D eigenvalue weighted by molar-refractivity contribution is -0.349. The standard InChI is InChI=1S/C24H31F3O/c1-3-9-22(23(10-4-2)28-24(25,26)27)14-8-11-19-15-17-21(18-16-19)20-12-6-5-7-13-20/h5-7,12-13,15-18,22-23H,3-4,8-11,14H2,1-2H3. The van der Waals surface area contributed by atoms with Crippen molar-refractivity contribution in [3.05, 3.63) is 60.2 Å². The van der Waals surface area contributed by atoms with E-state index < -0.39 is 12.5 Å². The maximum atomic E-state index is 12.8. The van der Waals surface area contributed by atoms with Gasteiger partial charge in [0.05, 0.1) is 6.10 Å². The molecule has 0 saturated heterocycles. The van der Waals surface area contributed by atoms with Gasteiger partial charge in [-0.3, -0.25) is 4.74 Å². The number of hydrogen-bond acceptors (Lipinski definition) is 1. The summed E-state index contributed by atoms with van der Waals surface area (Å²) in [6.45, 7) is 3.93. The molecule has 2 unspecified atom stereocenters. The monoisotopic (exact) mass is 392 g/mol. The zero-order valence-electron chi connectivity index (χ0n) is 16.8. The fraction of sp³-hybridized carbons (Fsp3) is 0.500. The summed E-state index contributed by atoms with van der Waals surface area (Å²) in [6, 6.07) is 18.7. The van der Waals surface area contributed by atoms with Crippen LogP contribution in [0, 0.1) is 5.92 Å². The molecule has 2 aromatic rings. The summed E-state index contributed by atoms with van der Waals surface area (Å²) in [4.78, 5) is 0. The lowest BCUT2D eigenvalue weighted by atomic mass is 9.88. The van der Waals surface area contributed by atoms with Crippen LogP contribution in [0.4, 0.5) is 13.2 Å². The molecule has 2 rings (SSSR count). The highest BCUT2D eigenvalue weighted by Gasteiger charge is 2.36. The fourth-order valence-corrected chi connectivity index (χ4v) is 3.80. The van der Waals surface area contributed by atoms with Crippen LogP contribution in [0.2, 0.25) is 0 Å². The molecule has 1 nitrogen and oxygen atoms in total. The Bertz CT molecular complexity index is 664. The molecular formula is C24H31F3O. The lowest BCUT2D eigenvalue weighted by Gasteiger charge is -2.28. The number of benzene rings is 2. The molecule has 2 atom stereocenters.